The highest BCUT2D eigenvalue weighted by Gasteiger charge is 1.90. The molecule has 0 spiro atoms. The normalized spacial score (nSPS) is 10.2. The summed E-state index contributed by atoms with van der Waals surface area (Å²) >= 11 is 0. The van der Waals surface area contributed by atoms with Crippen LogP contribution in [0.3, 0.4) is 0 Å². The van der Waals surface area contributed by atoms with Gasteiger partial charge >= 0.3 is 0 Å². The zero-order valence-electron chi connectivity index (χ0n) is 4.63. The molecule has 0 aliphatic rings. The molecule has 0 saturated heterocycles. The van der Waals surface area contributed by atoms with Crippen molar-refractivity contribution >= 4 is 11.0 Å². The number of hydrogen-bond donors (Lipinski definition) is 1. The van der Waals surface area contributed by atoms with Crippen molar-refractivity contribution in [1.29, 1.82) is 0 Å². The SMILES string of the molecule is [c]1c[nH]c2ncncc12. The summed E-state index contributed by atoms with van der Waals surface area (Å²) in [6, 6.07) is 2.94. The fourth-order valence-corrected chi connectivity index (χ4v) is 0.732. The fraction of sp³-hybridized carbons (Fsp3) is 0. The van der Waals surface area contributed by atoms with Crippen LogP contribution in [0.2, 0.25) is 0 Å². The standard InChI is InChI=1S/C6H4N3/c1-2-8-6-5(1)3-7-4-9-6/h2-4H,(H,7,8,9). The number of nitrogens with one attached hydrogen (secondary N) is 1. The largest absolute Gasteiger partial charge is 0.345 e. The second-order valence-corrected chi connectivity index (χ2v) is 1.72. The van der Waals surface area contributed by atoms with E-state index in [0.29, 0.717) is 0 Å². The highest BCUT2D eigenvalue weighted by Crippen LogP contribution is 2.02. The predicted molar refractivity (Wildman–Crippen MR) is 32.7 cm³/mol. The van der Waals surface area contributed by atoms with Crippen LogP contribution in [-0.4, -0.2) is 15.0 Å². The van der Waals surface area contributed by atoms with Crippen LogP contribution >= 0.6 is 0 Å². The van der Waals surface area contributed by atoms with Gasteiger partial charge in [0.2, 0.25) is 0 Å². The lowest BCUT2D eigenvalue weighted by Crippen LogP contribution is -1.75. The van der Waals surface area contributed by atoms with Gasteiger partial charge in [0.05, 0.1) is 0 Å². The molecule has 2 aromatic heterocycles. The Kier molecular flexibility index (Phi) is 0.773. The van der Waals surface area contributed by atoms with Gasteiger partial charge in [0.25, 0.3) is 0 Å². The van der Waals surface area contributed by atoms with Gasteiger partial charge in [-0.3, -0.25) is 0 Å². The average molecular weight is 118 g/mol. The zero-order valence-corrected chi connectivity index (χ0v) is 4.63. The minimum absolute atomic E-state index is 0.838. The summed E-state index contributed by atoms with van der Waals surface area (Å²) in [5.41, 5.74) is 0.838. The number of aromatic nitrogens is 3. The Morgan fingerprint density at radius 2 is 2.56 bits per heavy atom. The van der Waals surface area contributed by atoms with Crippen molar-refractivity contribution in [2.45, 2.75) is 0 Å². The van der Waals surface area contributed by atoms with Crippen molar-refractivity contribution in [2.24, 2.45) is 0 Å². The smallest absolute Gasteiger partial charge is 0.141 e. The molecular formula is C6H4N3. The molecule has 0 aliphatic carbocycles. The van der Waals surface area contributed by atoms with E-state index in [1.807, 2.05) is 0 Å². The van der Waals surface area contributed by atoms with E-state index in [2.05, 4.69) is 21.0 Å². The zero-order chi connectivity index (χ0) is 6.10. The molecule has 0 atom stereocenters. The summed E-state index contributed by atoms with van der Waals surface area (Å²) in [6.45, 7) is 0. The summed E-state index contributed by atoms with van der Waals surface area (Å²) in [7, 11) is 0. The van der Waals surface area contributed by atoms with Gasteiger partial charge in [-0.1, -0.05) is 0 Å². The van der Waals surface area contributed by atoms with Crippen LogP contribution in [-0.2, 0) is 0 Å². The third-order valence-electron chi connectivity index (χ3n) is 1.15. The molecule has 0 amide bonds. The Morgan fingerprint density at radius 1 is 1.56 bits per heavy atom. The van der Waals surface area contributed by atoms with Crippen molar-refractivity contribution in [3.63, 3.8) is 0 Å². The number of nitrogens with zero attached hydrogens (tertiary/aromatic N) is 2. The van der Waals surface area contributed by atoms with E-state index in [0.717, 1.165) is 11.0 Å². The summed E-state index contributed by atoms with van der Waals surface area (Å²) in [6.07, 6.45) is 4.95. The molecule has 43 valence electrons. The second kappa shape index (κ2) is 1.55. The van der Waals surface area contributed by atoms with Gasteiger partial charge in [0.1, 0.15) is 12.0 Å². The molecule has 3 heteroatoms. The Morgan fingerprint density at radius 3 is 3.44 bits per heavy atom. The number of rotatable bonds is 0. The van der Waals surface area contributed by atoms with E-state index in [4.69, 9.17) is 0 Å². The highest BCUT2D eigenvalue weighted by atomic mass is 14.9. The van der Waals surface area contributed by atoms with Crippen molar-refractivity contribution in [1.82, 2.24) is 15.0 Å². The van der Waals surface area contributed by atoms with Gasteiger partial charge in [-0.2, -0.15) is 0 Å². The van der Waals surface area contributed by atoms with Crippen LogP contribution in [0.25, 0.3) is 11.0 Å². The lowest BCUT2D eigenvalue weighted by Gasteiger charge is -1.81. The Bertz CT molecular complexity index is 282. The first kappa shape index (κ1) is 4.49. The molecule has 2 rings (SSSR count). The van der Waals surface area contributed by atoms with Crippen molar-refractivity contribution < 1.29 is 0 Å². The van der Waals surface area contributed by atoms with Crippen molar-refractivity contribution in [3.8, 4) is 0 Å². The minimum atomic E-state index is 0.838. The lowest BCUT2D eigenvalue weighted by atomic mass is 10.4. The van der Waals surface area contributed by atoms with E-state index in [1.165, 1.54) is 6.33 Å². The molecule has 2 heterocycles. The molecular weight excluding hydrogens is 114 g/mol. The summed E-state index contributed by atoms with van der Waals surface area (Å²) in [5, 5.41) is 0.928. The van der Waals surface area contributed by atoms with Gasteiger partial charge in [-0.15, -0.1) is 0 Å². The Hall–Kier alpha value is -1.38. The summed E-state index contributed by atoms with van der Waals surface area (Å²) in [4.78, 5) is 10.7. The van der Waals surface area contributed by atoms with Crippen LogP contribution in [0.15, 0.2) is 18.7 Å². The molecule has 0 fully saturated rings. The molecule has 1 N–H and O–H groups in total. The molecule has 2 aromatic rings. The molecule has 0 aromatic carbocycles. The monoisotopic (exact) mass is 118 g/mol. The molecule has 0 aliphatic heterocycles. The summed E-state index contributed by atoms with van der Waals surface area (Å²) < 4.78 is 0. The topological polar surface area (TPSA) is 41.6 Å². The quantitative estimate of drug-likeness (QED) is 0.554. The maximum Gasteiger partial charge on any atom is 0.141 e. The van der Waals surface area contributed by atoms with Crippen molar-refractivity contribution in [3.05, 3.63) is 24.8 Å². The van der Waals surface area contributed by atoms with E-state index >= 15 is 0 Å². The van der Waals surface area contributed by atoms with Crippen LogP contribution in [0, 0.1) is 6.07 Å². The van der Waals surface area contributed by atoms with Crippen LogP contribution in [0.1, 0.15) is 0 Å². The number of hydrogen-bond acceptors (Lipinski definition) is 2. The van der Waals surface area contributed by atoms with Gasteiger partial charge in [0.15, 0.2) is 0 Å². The van der Waals surface area contributed by atoms with Crippen LogP contribution in [0.4, 0.5) is 0 Å². The number of H-pyrrole nitrogens is 1. The molecule has 0 unspecified atom stereocenters. The average Bonchev–Trinajstić information content (AvgIpc) is 2.33. The van der Waals surface area contributed by atoms with E-state index in [-0.39, 0.29) is 0 Å². The lowest BCUT2D eigenvalue weighted by molar-refractivity contribution is 1.20. The van der Waals surface area contributed by atoms with Gasteiger partial charge in [0, 0.05) is 23.8 Å². The molecule has 3 nitrogen and oxygen atoms in total. The predicted octanol–water partition coefficient (Wildman–Crippen LogP) is 0.758. The third-order valence-corrected chi connectivity index (χ3v) is 1.15. The number of aromatic amines is 1. The fourth-order valence-electron chi connectivity index (χ4n) is 0.732. The van der Waals surface area contributed by atoms with Gasteiger partial charge in [-0.25, -0.2) is 9.97 Å². The highest BCUT2D eigenvalue weighted by molar-refractivity contribution is 5.72. The minimum Gasteiger partial charge on any atom is -0.345 e. The Balaban J connectivity index is 2.95. The first-order valence-electron chi connectivity index (χ1n) is 2.61. The second-order valence-electron chi connectivity index (χ2n) is 1.72. The van der Waals surface area contributed by atoms with E-state index in [1.54, 1.807) is 12.4 Å². The van der Waals surface area contributed by atoms with Gasteiger partial charge in [-0.05, 0) is 0 Å². The first-order chi connectivity index (χ1) is 4.47. The number of fused-ring (bicyclic) bond motifs is 1. The molecule has 1 radical (unpaired) electrons. The van der Waals surface area contributed by atoms with Crippen LogP contribution < -0.4 is 0 Å². The third kappa shape index (κ3) is 0.579. The van der Waals surface area contributed by atoms with E-state index in [9.17, 15) is 0 Å². The summed E-state index contributed by atoms with van der Waals surface area (Å²) in [5.74, 6) is 0. The van der Waals surface area contributed by atoms with E-state index < -0.39 is 0 Å². The molecule has 0 saturated carbocycles. The first-order valence-corrected chi connectivity index (χ1v) is 2.61. The van der Waals surface area contributed by atoms with Gasteiger partial charge < -0.3 is 4.98 Å². The molecule has 9 heavy (non-hydrogen) atoms. The van der Waals surface area contributed by atoms with Crippen LogP contribution in [0.5, 0.6) is 0 Å². The van der Waals surface area contributed by atoms with Crippen molar-refractivity contribution in [2.75, 3.05) is 0 Å². The maximum absolute atomic E-state index is 3.94. The Labute approximate surface area is 51.8 Å². The maximum atomic E-state index is 3.94. The molecule has 0 bridgehead atoms.